The lowest BCUT2D eigenvalue weighted by Gasteiger charge is -2.05. The van der Waals surface area contributed by atoms with Crippen LogP contribution in [0.15, 0.2) is 47.6 Å². The number of ether oxygens (including phenoxy) is 1. The van der Waals surface area contributed by atoms with E-state index in [9.17, 15) is 14.9 Å². The third-order valence-corrected chi connectivity index (χ3v) is 3.06. The van der Waals surface area contributed by atoms with Gasteiger partial charge in [0.25, 0.3) is 5.91 Å². The molecule has 3 N–H and O–H groups in total. The molecule has 8 heteroatoms. The van der Waals surface area contributed by atoms with Gasteiger partial charge in [-0.1, -0.05) is 12.1 Å². The number of nitro benzene ring substituents is 1. The molecule has 0 aliphatic rings. The molecule has 0 heterocycles. The molecule has 0 saturated heterocycles. The topological polar surface area (TPSA) is 120 Å². The molecule has 2 rings (SSSR count). The van der Waals surface area contributed by atoms with E-state index in [0.717, 1.165) is 0 Å². The fraction of sp³-hybridized carbons (Fsp3) is 0.125. The Kier molecular flexibility index (Phi) is 5.45. The summed E-state index contributed by atoms with van der Waals surface area (Å²) in [4.78, 5) is 22.5. The smallest absolute Gasteiger partial charge is 0.311 e. The quantitative estimate of drug-likeness (QED) is 0.365. The minimum Gasteiger partial charge on any atom is -0.487 e. The molecule has 124 valence electrons. The zero-order valence-corrected chi connectivity index (χ0v) is 12.9. The van der Waals surface area contributed by atoms with Gasteiger partial charge in [0.15, 0.2) is 5.75 Å². The zero-order chi connectivity index (χ0) is 17.5. The van der Waals surface area contributed by atoms with Gasteiger partial charge in [-0.15, -0.1) is 0 Å². The molecule has 0 fully saturated rings. The van der Waals surface area contributed by atoms with Crippen molar-refractivity contribution in [3.05, 3.63) is 63.7 Å². The van der Waals surface area contributed by atoms with E-state index in [1.54, 1.807) is 37.3 Å². The molecule has 0 saturated carbocycles. The Morgan fingerprint density at radius 2 is 2.12 bits per heavy atom. The van der Waals surface area contributed by atoms with E-state index >= 15 is 0 Å². The van der Waals surface area contributed by atoms with Gasteiger partial charge in [-0.3, -0.25) is 14.9 Å². The molecule has 2 aromatic carbocycles. The summed E-state index contributed by atoms with van der Waals surface area (Å²) in [5.74, 6) is -0.287. The maximum absolute atomic E-state index is 11.9. The maximum Gasteiger partial charge on any atom is 0.311 e. The lowest BCUT2D eigenvalue weighted by atomic mass is 10.2. The molecule has 0 spiro atoms. The Hall–Kier alpha value is -3.42. The highest BCUT2D eigenvalue weighted by Gasteiger charge is 2.15. The van der Waals surface area contributed by atoms with E-state index in [1.807, 2.05) is 0 Å². The minimum absolute atomic E-state index is 0.167. The molecule has 0 aliphatic carbocycles. The molecule has 24 heavy (non-hydrogen) atoms. The van der Waals surface area contributed by atoms with E-state index in [0.29, 0.717) is 23.4 Å². The van der Waals surface area contributed by atoms with Crippen LogP contribution in [0.2, 0.25) is 0 Å². The number of amides is 1. The van der Waals surface area contributed by atoms with Gasteiger partial charge >= 0.3 is 5.69 Å². The lowest BCUT2D eigenvalue weighted by Crippen LogP contribution is -2.19. The SMILES string of the molecule is CCOc1ccc(/C=N\NC(=O)c2ccccc2N)cc1[N+](=O)[O-]. The number of carbonyl (C=O) groups excluding carboxylic acids is 1. The molecular weight excluding hydrogens is 312 g/mol. The summed E-state index contributed by atoms with van der Waals surface area (Å²) in [7, 11) is 0. The molecule has 1 amide bonds. The fourth-order valence-electron chi connectivity index (χ4n) is 1.96. The number of rotatable bonds is 6. The van der Waals surface area contributed by atoms with E-state index in [2.05, 4.69) is 10.5 Å². The molecule has 0 aliphatic heterocycles. The van der Waals surface area contributed by atoms with Gasteiger partial charge in [-0.05, 0) is 31.2 Å². The predicted molar refractivity (Wildman–Crippen MR) is 90.2 cm³/mol. The maximum atomic E-state index is 11.9. The van der Waals surface area contributed by atoms with Crippen LogP contribution in [-0.4, -0.2) is 23.7 Å². The molecule has 0 radical (unpaired) electrons. The Labute approximate surface area is 138 Å². The number of hydrazone groups is 1. The Morgan fingerprint density at radius 3 is 2.79 bits per heavy atom. The molecule has 0 unspecified atom stereocenters. The van der Waals surface area contributed by atoms with Crippen molar-refractivity contribution in [2.75, 3.05) is 12.3 Å². The van der Waals surface area contributed by atoms with Crippen LogP contribution in [0.4, 0.5) is 11.4 Å². The van der Waals surface area contributed by atoms with Crippen molar-refractivity contribution in [1.82, 2.24) is 5.43 Å². The Bertz CT molecular complexity index is 789. The van der Waals surface area contributed by atoms with Crippen LogP contribution >= 0.6 is 0 Å². The lowest BCUT2D eigenvalue weighted by molar-refractivity contribution is -0.385. The highest BCUT2D eigenvalue weighted by Crippen LogP contribution is 2.27. The molecule has 8 nitrogen and oxygen atoms in total. The van der Waals surface area contributed by atoms with Gasteiger partial charge in [0.1, 0.15) is 0 Å². The summed E-state index contributed by atoms with van der Waals surface area (Å²) in [6.07, 6.45) is 1.31. The van der Waals surface area contributed by atoms with E-state index < -0.39 is 10.8 Å². The van der Waals surface area contributed by atoms with Gasteiger partial charge in [0.2, 0.25) is 0 Å². The average molecular weight is 328 g/mol. The Balaban J connectivity index is 2.12. The first-order valence-electron chi connectivity index (χ1n) is 7.12. The number of benzene rings is 2. The highest BCUT2D eigenvalue weighted by molar-refractivity contribution is 5.99. The normalized spacial score (nSPS) is 10.5. The number of nitrogens with zero attached hydrogens (tertiary/aromatic N) is 2. The largest absolute Gasteiger partial charge is 0.487 e. The number of hydrogen-bond donors (Lipinski definition) is 2. The van der Waals surface area contributed by atoms with Crippen LogP contribution < -0.4 is 15.9 Å². The van der Waals surface area contributed by atoms with Crippen molar-refractivity contribution in [1.29, 1.82) is 0 Å². The summed E-state index contributed by atoms with van der Waals surface area (Å²) in [6, 6.07) is 11.0. The van der Waals surface area contributed by atoms with Crippen LogP contribution in [-0.2, 0) is 0 Å². The second-order valence-electron chi connectivity index (χ2n) is 4.70. The molecule has 0 atom stereocenters. The summed E-state index contributed by atoms with van der Waals surface area (Å²) < 4.78 is 5.20. The zero-order valence-electron chi connectivity index (χ0n) is 12.9. The molecular formula is C16H16N4O4. The fourth-order valence-corrected chi connectivity index (χ4v) is 1.96. The minimum atomic E-state index is -0.536. The summed E-state index contributed by atoms with van der Waals surface area (Å²) in [5, 5.41) is 14.8. The number of nitrogens with one attached hydrogen (secondary N) is 1. The molecule has 0 aromatic heterocycles. The first kappa shape index (κ1) is 16.9. The van der Waals surface area contributed by atoms with Gasteiger partial charge in [0, 0.05) is 17.3 Å². The number of carbonyl (C=O) groups is 1. The Morgan fingerprint density at radius 1 is 1.38 bits per heavy atom. The molecule has 2 aromatic rings. The summed E-state index contributed by atoms with van der Waals surface area (Å²) >= 11 is 0. The van der Waals surface area contributed by atoms with E-state index in [-0.39, 0.29) is 11.4 Å². The highest BCUT2D eigenvalue weighted by atomic mass is 16.6. The van der Waals surface area contributed by atoms with Crippen molar-refractivity contribution in [3.63, 3.8) is 0 Å². The van der Waals surface area contributed by atoms with Gasteiger partial charge in [0.05, 0.1) is 23.3 Å². The van der Waals surface area contributed by atoms with Gasteiger partial charge in [-0.25, -0.2) is 5.43 Å². The summed E-state index contributed by atoms with van der Waals surface area (Å²) in [5.41, 5.74) is 8.94. The van der Waals surface area contributed by atoms with E-state index in [1.165, 1.54) is 18.3 Å². The monoisotopic (exact) mass is 328 g/mol. The average Bonchev–Trinajstić information content (AvgIpc) is 2.56. The first-order chi connectivity index (χ1) is 11.5. The predicted octanol–water partition coefficient (Wildman–Crippen LogP) is 2.34. The first-order valence-corrected chi connectivity index (χ1v) is 7.12. The van der Waals surface area contributed by atoms with Crippen molar-refractivity contribution in [2.45, 2.75) is 6.92 Å². The van der Waals surface area contributed by atoms with Crippen LogP contribution in [0.25, 0.3) is 0 Å². The number of para-hydroxylation sites is 1. The van der Waals surface area contributed by atoms with Gasteiger partial charge in [-0.2, -0.15) is 5.10 Å². The van der Waals surface area contributed by atoms with Crippen LogP contribution in [0.3, 0.4) is 0 Å². The number of anilines is 1. The van der Waals surface area contributed by atoms with Crippen molar-refractivity contribution in [2.24, 2.45) is 5.10 Å². The second kappa shape index (κ2) is 7.73. The second-order valence-corrected chi connectivity index (χ2v) is 4.70. The number of nitrogen functional groups attached to an aromatic ring is 1. The van der Waals surface area contributed by atoms with Crippen LogP contribution in [0.5, 0.6) is 5.75 Å². The third kappa shape index (κ3) is 4.07. The van der Waals surface area contributed by atoms with Crippen molar-refractivity contribution in [3.8, 4) is 5.75 Å². The number of nitro groups is 1. The van der Waals surface area contributed by atoms with Crippen LogP contribution in [0, 0.1) is 10.1 Å². The standard InChI is InChI=1S/C16H16N4O4/c1-2-24-15-8-7-11(9-14(15)20(22)23)10-18-19-16(21)12-5-3-4-6-13(12)17/h3-10H,2,17H2,1H3,(H,19,21)/b18-10-. The summed E-state index contributed by atoms with van der Waals surface area (Å²) in [6.45, 7) is 2.06. The van der Waals surface area contributed by atoms with Gasteiger partial charge < -0.3 is 10.5 Å². The number of nitrogens with two attached hydrogens (primary N) is 1. The van der Waals surface area contributed by atoms with Crippen molar-refractivity contribution < 1.29 is 14.5 Å². The van der Waals surface area contributed by atoms with Crippen molar-refractivity contribution >= 4 is 23.5 Å². The van der Waals surface area contributed by atoms with Crippen LogP contribution in [0.1, 0.15) is 22.8 Å². The third-order valence-electron chi connectivity index (χ3n) is 3.06. The molecule has 0 bridgehead atoms. The number of hydrogen-bond acceptors (Lipinski definition) is 6. The van der Waals surface area contributed by atoms with E-state index in [4.69, 9.17) is 10.5 Å².